The molecule has 0 aromatic rings. The van der Waals surface area contributed by atoms with Gasteiger partial charge in [0.2, 0.25) is 5.91 Å². The number of aliphatic imine (C=N–C) groups is 1. The van der Waals surface area contributed by atoms with E-state index >= 15 is 0 Å². The second-order valence-corrected chi connectivity index (χ2v) is 5.98. The molecule has 3 N–H and O–H groups in total. The first-order chi connectivity index (χ1) is 10.4. The molecule has 0 saturated heterocycles. The van der Waals surface area contributed by atoms with E-state index in [1.807, 2.05) is 6.92 Å². The third-order valence-corrected chi connectivity index (χ3v) is 3.42. The molecule has 0 aromatic heterocycles. The Hall–Kier alpha value is -1.30. The van der Waals surface area contributed by atoms with E-state index in [0.29, 0.717) is 24.6 Å². The Balaban J connectivity index is 3.94. The van der Waals surface area contributed by atoms with Crippen molar-refractivity contribution in [2.45, 2.75) is 59.5 Å². The fourth-order valence-corrected chi connectivity index (χ4v) is 2.29. The maximum Gasteiger partial charge on any atom is 0.239 e. The molecule has 0 heterocycles. The van der Waals surface area contributed by atoms with Crippen molar-refractivity contribution in [3.63, 3.8) is 0 Å². The molecule has 0 aliphatic rings. The van der Waals surface area contributed by atoms with Crippen molar-refractivity contribution in [1.29, 1.82) is 0 Å². The van der Waals surface area contributed by atoms with Crippen LogP contribution in [0.5, 0.6) is 0 Å². The zero-order valence-electron chi connectivity index (χ0n) is 15.2. The number of amides is 1. The number of carbonyl (C=O) groups excluding carboxylic acids is 1. The predicted octanol–water partition coefficient (Wildman–Crippen LogP) is 1.19. The van der Waals surface area contributed by atoms with Gasteiger partial charge in [-0.1, -0.05) is 6.92 Å². The molecular formula is C16H35N5O. The van der Waals surface area contributed by atoms with Crippen LogP contribution in [0.2, 0.25) is 0 Å². The van der Waals surface area contributed by atoms with E-state index in [4.69, 9.17) is 0 Å². The monoisotopic (exact) mass is 313 g/mol. The average molecular weight is 313 g/mol. The minimum absolute atomic E-state index is 0.00408. The largest absolute Gasteiger partial charge is 0.356 e. The third kappa shape index (κ3) is 9.60. The lowest BCUT2D eigenvalue weighted by Gasteiger charge is -2.30. The van der Waals surface area contributed by atoms with Gasteiger partial charge in [0.05, 0.1) is 6.54 Å². The molecule has 0 aromatic carbocycles. The minimum Gasteiger partial charge on any atom is -0.356 e. The Kier molecular flexibility index (Phi) is 11.5. The van der Waals surface area contributed by atoms with Crippen molar-refractivity contribution < 1.29 is 4.79 Å². The van der Waals surface area contributed by atoms with E-state index in [0.717, 1.165) is 25.9 Å². The molecule has 130 valence electrons. The van der Waals surface area contributed by atoms with Crippen LogP contribution in [0.4, 0.5) is 0 Å². The number of nitrogens with zero attached hydrogens (tertiary/aromatic N) is 2. The zero-order valence-corrected chi connectivity index (χ0v) is 15.2. The van der Waals surface area contributed by atoms with Gasteiger partial charge in [0, 0.05) is 38.8 Å². The Labute approximate surface area is 136 Å². The van der Waals surface area contributed by atoms with Gasteiger partial charge in [0.15, 0.2) is 5.96 Å². The molecule has 0 radical (unpaired) electrons. The molecule has 6 heteroatoms. The molecule has 6 nitrogen and oxygen atoms in total. The van der Waals surface area contributed by atoms with E-state index in [1.54, 1.807) is 7.05 Å². The summed E-state index contributed by atoms with van der Waals surface area (Å²) in [6.07, 6.45) is 1.99. The van der Waals surface area contributed by atoms with E-state index in [-0.39, 0.29) is 12.5 Å². The summed E-state index contributed by atoms with van der Waals surface area (Å²) in [4.78, 5) is 18.1. The van der Waals surface area contributed by atoms with Gasteiger partial charge in [-0.2, -0.15) is 0 Å². The van der Waals surface area contributed by atoms with Gasteiger partial charge in [0.25, 0.3) is 0 Å². The van der Waals surface area contributed by atoms with E-state index in [1.165, 1.54) is 0 Å². The van der Waals surface area contributed by atoms with Crippen LogP contribution in [-0.2, 0) is 4.79 Å². The molecule has 0 bridgehead atoms. The van der Waals surface area contributed by atoms with Crippen LogP contribution in [0.3, 0.4) is 0 Å². The van der Waals surface area contributed by atoms with Crippen LogP contribution in [0.25, 0.3) is 0 Å². The number of hydrogen-bond acceptors (Lipinski definition) is 3. The van der Waals surface area contributed by atoms with Gasteiger partial charge in [0.1, 0.15) is 0 Å². The van der Waals surface area contributed by atoms with E-state index in [2.05, 4.69) is 53.5 Å². The van der Waals surface area contributed by atoms with Crippen LogP contribution < -0.4 is 16.0 Å². The first-order valence-electron chi connectivity index (χ1n) is 8.39. The molecule has 1 amide bonds. The van der Waals surface area contributed by atoms with Gasteiger partial charge in [-0.15, -0.1) is 0 Å². The van der Waals surface area contributed by atoms with Gasteiger partial charge >= 0.3 is 0 Å². The van der Waals surface area contributed by atoms with Gasteiger partial charge in [-0.3, -0.25) is 14.7 Å². The van der Waals surface area contributed by atoms with Gasteiger partial charge < -0.3 is 16.0 Å². The molecule has 0 fully saturated rings. The van der Waals surface area contributed by atoms with Crippen molar-refractivity contribution in [3.8, 4) is 0 Å². The number of nitrogens with one attached hydrogen (secondary N) is 3. The summed E-state index contributed by atoms with van der Waals surface area (Å²) in [6, 6.07) is 1.11. The molecule has 0 spiro atoms. The fraction of sp³-hybridized carbons (Fsp3) is 0.875. The van der Waals surface area contributed by atoms with Crippen LogP contribution in [0, 0.1) is 0 Å². The predicted molar refractivity (Wildman–Crippen MR) is 94.3 cm³/mol. The second kappa shape index (κ2) is 12.3. The lowest BCUT2D eigenvalue weighted by atomic mass is 10.2. The normalized spacial score (nSPS) is 12.1. The summed E-state index contributed by atoms with van der Waals surface area (Å²) in [5, 5.41) is 9.10. The molecule has 0 saturated carbocycles. The van der Waals surface area contributed by atoms with Gasteiger partial charge in [-0.25, -0.2) is 0 Å². The standard InChI is InChI=1S/C16H35N5O/c1-7-9-18-15(22)12-20-16(17-6)19-10-8-11-21(13(2)3)14(4)5/h13-14H,7-12H2,1-6H3,(H,18,22)(H2,17,19,20). The summed E-state index contributed by atoms with van der Waals surface area (Å²) < 4.78 is 0. The SMILES string of the molecule is CCCNC(=O)CNC(=NC)NCCCN(C(C)C)C(C)C. The Morgan fingerprint density at radius 3 is 2.18 bits per heavy atom. The molecule has 22 heavy (non-hydrogen) atoms. The molecule has 0 aliphatic carbocycles. The summed E-state index contributed by atoms with van der Waals surface area (Å²) in [5.41, 5.74) is 0. The fourth-order valence-electron chi connectivity index (χ4n) is 2.29. The highest BCUT2D eigenvalue weighted by Crippen LogP contribution is 2.05. The zero-order chi connectivity index (χ0) is 17.0. The highest BCUT2D eigenvalue weighted by atomic mass is 16.1. The van der Waals surface area contributed by atoms with Crippen molar-refractivity contribution >= 4 is 11.9 Å². The van der Waals surface area contributed by atoms with Crippen molar-refractivity contribution in [3.05, 3.63) is 0 Å². The lowest BCUT2D eigenvalue weighted by Crippen LogP contribution is -2.44. The second-order valence-electron chi connectivity index (χ2n) is 5.98. The number of carbonyl (C=O) groups is 1. The smallest absolute Gasteiger partial charge is 0.239 e. The molecule has 0 aliphatic heterocycles. The molecular weight excluding hydrogens is 278 g/mol. The maximum atomic E-state index is 11.5. The third-order valence-electron chi connectivity index (χ3n) is 3.42. The molecule has 0 unspecified atom stereocenters. The number of guanidine groups is 1. The Morgan fingerprint density at radius 1 is 1.05 bits per heavy atom. The van der Waals surface area contributed by atoms with Crippen LogP contribution >= 0.6 is 0 Å². The van der Waals surface area contributed by atoms with Gasteiger partial charge in [-0.05, 0) is 40.5 Å². The van der Waals surface area contributed by atoms with E-state index in [9.17, 15) is 4.79 Å². The number of rotatable bonds is 10. The summed E-state index contributed by atoms with van der Waals surface area (Å²) in [5.74, 6) is 0.669. The van der Waals surface area contributed by atoms with Crippen LogP contribution in [-0.4, -0.2) is 62.1 Å². The quantitative estimate of drug-likeness (QED) is 0.322. The highest BCUT2D eigenvalue weighted by molar-refractivity contribution is 5.86. The first-order valence-corrected chi connectivity index (χ1v) is 8.39. The highest BCUT2D eigenvalue weighted by Gasteiger charge is 2.12. The van der Waals surface area contributed by atoms with E-state index < -0.39 is 0 Å². The van der Waals surface area contributed by atoms with Crippen molar-refractivity contribution in [2.24, 2.45) is 4.99 Å². The summed E-state index contributed by atoms with van der Waals surface area (Å²) in [7, 11) is 1.72. The van der Waals surface area contributed by atoms with Crippen LogP contribution in [0.15, 0.2) is 4.99 Å². The average Bonchev–Trinajstić information content (AvgIpc) is 2.46. The minimum atomic E-state index is -0.00408. The maximum absolute atomic E-state index is 11.5. The number of hydrogen-bond donors (Lipinski definition) is 3. The first kappa shape index (κ1) is 20.7. The summed E-state index contributed by atoms with van der Waals surface area (Å²) in [6.45, 7) is 13.8. The molecule has 0 rings (SSSR count). The topological polar surface area (TPSA) is 68.8 Å². The lowest BCUT2D eigenvalue weighted by molar-refractivity contribution is -0.120. The van der Waals surface area contributed by atoms with Crippen molar-refractivity contribution in [2.75, 3.05) is 33.2 Å². The molecule has 0 atom stereocenters. The summed E-state index contributed by atoms with van der Waals surface area (Å²) >= 11 is 0. The van der Waals surface area contributed by atoms with Crippen molar-refractivity contribution in [1.82, 2.24) is 20.9 Å². The Morgan fingerprint density at radius 2 is 1.68 bits per heavy atom. The van der Waals surface area contributed by atoms with Crippen LogP contribution in [0.1, 0.15) is 47.5 Å². The Bertz CT molecular complexity index is 320.